The average Bonchev–Trinajstić information content (AvgIpc) is 2.58. The second-order valence-electron chi connectivity index (χ2n) is 5.02. The fourth-order valence-corrected chi connectivity index (χ4v) is 2.50. The van der Waals surface area contributed by atoms with Crippen molar-refractivity contribution in [3.63, 3.8) is 0 Å². The molecule has 0 aliphatic carbocycles. The van der Waals surface area contributed by atoms with Gasteiger partial charge in [-0.05, 0) is 54.2 Å². The van der Waals surface area contributed by atoms with Crippen LogP contribution >= 0.6 is 11.8 Å². The lowest BCUT2D eigenvalue weighted by atomic mass is 10.1. The molecular weight excluding hydrogens is 396 g/mol. The first-order chi connectivity index (χ1) is 12.5. The number of anilines is 1. The van der Waals surface area contributed by atoms with Crippen LogP contribution in [0.25, 0.3) is 0 Å². The van der Waals surface area contributed by atoms with E-state index in [0.717, 1.165) is 36.4 Å². The summed E-state index contributed by atoms with van der Waals surface area (Å²) in [5.74, 6) is -0.851. The van der Waals surface area contributed by atoms with Crippen molar-refractivity contribution in [2.45, 2.75) is 16.6 Å². The van der Waals surface area contributed by atoms with Crippen LogP contribution in [0.1, 0.15) is 21.5 Å². The number of carbonyl (C=O) groups excluding carboxylic acids is 1. The van der Waals surface area contributed by atoms with Crippen LogP contribution in [0.15, 0.2) is 47.4 Å². The quantitative estimate of drug-likeness (QED) is 0.429. The van der Waals surface area contributed by atoms with Crippen LogP contribution in [-0.4, -0.2) is 11.4 Å². The second-order valence-corrected chi connectivity index (χ2v) is 6.16. The van der Waals surface area contributed by atoms with Crippen molar-refractivity contribution < 1.29 is 31.1 Å². The van der Waals surface area contributed by atoms with E-state index in [1.807, 2.05) is 5.43 Å². The van der Waals surface area contributed by atoms with E-state index in [2.05, 4.69) is 5.43 Å². The summed E-state index contributed by atoms with van der Waals surface area (Å²) in [5.41, 5.74) is -2.25. The van der Waals surface area contributed by atoms with Gasteiger partial charge in [0.2, 0.25) is 0 Å². The highest BCUT2D eigenvalue weighted by Gasteiger charge is 2.34. The summed E-state index contributed by atoms with van der Waals surface area (Å²) in [5, 5.41) is 8.70. The number of nitrogens with zero attached hydrogens (tertiary/aromatic N) is 1. The SMILES string of the molecule is N#Cc1ccc(NNC(=O)c2ccc(SC(F)(F)F)cc2)c(C(F)(F)F)c1. The number of hydrazine groups is 1. The highest BCUT2D eigenvalue weighted by Crippen LogP contribution is 2.37. The Morgan fingerprint density at radius 1 is 1.00 bits per heavy atom. The van der Waals surface area contributed by atoms with Crippen molar-refractivity contribution >= 4 is 23.4 Å². The number of alkyl halides is 6. The van der Waals surface area contributed by atoms with Crippen molar-refractivity contribution in [3.05, 3.63) is 59.2 Å². The largest absolute Gasteiger partial charge is 0.446 e. The van der Waals surface area contributed by atoms with E-state index in [-0.39, 0.29) is 27.8 Å². The third kappa shape index (κ3) is 5.82. The van der Waals surface area contributed by atoms with Crippen molar-refractivity contribution in [1.29, 1.82) is 5.26 Å². The van der Waals surface area contributed by atoms with Crippen LogP contribution < -0.4 is 10.9 Å². The third-order valence-corrected chi connectivity index (χ3v) is 3.85. The van der Waals surface area contributed by atoms with Crippen molar-refractivity contribution in [2.75, 3.05) is 5.43 Å². The van der Waals surface area contributed by atoms with Crippen LogP contribution in [0, 0.1) is 11.3 Å². The predicted octanol–water partition coefficient (Wildman–Crippen LogP) is 4.95. The summed E-state index contributed by atoms with van der Waals surface area (Å²) >= 11 is -0.359. The first-order valence-corrected chi connectivity index (χ1v) is 7.85. The molecule has 0 fully saturated rings. The lowest BCUT2D eigenvalue weighted by molar-refractivity contribution is -0.137. The molecule has 0 saturated heterocycles. The van der Waals surface area contributed by atoms with Gasteiger partial charge in [-0.1, -0.05) is 0 Å². The maximum Gasteiger partial charge on any atom is 0.446 e. The molecule has 0 radical (unpaired) electrons. The normalized spacial score (nSPS) is 11.6. The molecule has 0 aliphatic rings. The van der Waals surface area contributed by atoms with E-state index in [4.69, 9.17) is 5.26 Å². The number of rotatable bonds is 4. The molecule has 4 nitrogen and oxygen atoms in total. The van der Waals surface area contributed by atoms with E-state index >= 15 is 0 Å². The Bertz CT molecular complexity index is 872. The summed E-state index contributed by atoms with van der Waals surface area (Å²) in [7, 11) is 0. The minimum Gasteiger partial charge on any atom is -0.298 e. The van der Waals surface area contributed by atoms with E-state index in [1.165, 1.54) is 0 Å². The molecule has 0 atom stereocenters. The van der Waals surface area contributed by atoms with E-state index < -0.39 is 28.8 Å². The minimum absolute atomic E-state index is 0.0590. The lowest BCUT2D eigenvalue weighted by Gasteiger charge is -2.15. The van der Waals surface area contributed by atoms with Gasteiger partial charge in [0.1, 0.15) is 0 Å². The zero-order valence-electron chi connectivity index (χ0n) is 13.1. The van der Waals surface area contributed by atoms with Crippen LogP contribution in [0.5, 0.6) is 0 Å². The molecule has 2 rings (SSSR count). The van der Waals surface area contributed by atoms with Gasteiger partial charge in [0, 0.05) is 10.5 Å². The number of hydrogen-bond donors (Lipinski definition) is 2. The molecule has 0 saturated carbocycles. The molecule has 11 heteroatoms. The van der Waals surface area contributed by atoms with Crippen molar-refractivity contribution in [3.8, 4) is 6.07 Å². The number of halogens is 6. The molecule has 142 valence electrons. The number of benzene rings is 2. The highest BCUT2D eigenvalue weighted by molar-refractivity contribution is 8.00. The van der Waals surface area contributed by atoms with Crippen LogP contribution in [0.2, 0.25) is 0 Å². The molecule has 0 unspecified atom stereocenters. The summed E-state index contributed by atoms with van der Waals surface area (Å²) in [6, 6.07) is 8.66. The Hall–Kier alpha value is -2.87. The lowest BCUT2D eigenvalue weighted by Crippen LogP contribution is -2.30. The molecule has 2 aromatic rings. The van der Waals surface area contributed by atoms with E-state index in [1.54, 1.807) is 6.07 Å². The molecule has 1 amide bonds. The van der Waals surface area contributed by atoms with Crippen LogP contribution in [0.3, 0.4) is 0 Å². The van der Waals surface area contributed by atoms with E-state index in [9.17, 15) is 31.1 Å². The number of nitriles is 1. The summed E-state index contributed by atoms with van der Waals surface area (Å²) < 4.78 is 75.9. The Kier molecular flexibility index (Phi) is 5.90. The molecule has 0 spiro atoms. The molecule has 0 bridgehead atoms. The fraction of sp³-hybridized carbons (Fsp3) is 0.125. The monoisotopic (exact) mass is 405 g/mol. The molecular formula is C16H9F6N3OS. The van der Waals surface area contributed by atoms with Crippen LogP contribution in [0.4, 0.5) is 32.0 Å². The number of nitrogens with one attached hydrogen (secondary N) is 2. The molecule has 0 aliphatic heterocycles. The smallest absolute Gasteiger partial charge is 0.298 e. The number of carbonyl (C=O) groups is 1. The predicted molar refractivity (Wildman–Crippen MR) is 85.6 cm³/mol. The fourth-order valence-electron chi connectivity index (χ4n) is 1.96. The van der Waals surface area contributed by atoms with Gasteiger partial charge in [0.05, 0.1) is 22.9 Å². The van der Waals surface area contributed by atoms with Gasteiger partial charge in [0.15, 0.2) is 0 Å². The van der Waals surface area contributed by atoms with Crippen molar-refractivity contribution in [1.82, 2.24) is 5.43 Å². The Labute approximate surface area is 153 Å². The first-order valence-electron chi connectivity index (χ1n) is 7.03. The molecule has 2 N–H and O–H groups in total. The van der Waals surface area contributed by atoms with Gasteiger partial charge in [-0.25, -0.2) is 0 Å². The molecule has 27 heavy (non-hydrogen) atoms. The molecule has 0 aromatic heterocycles. The second kappa shape index (κ2) is 7.79. The zero-order valence-corrected chi connectivity index (χ0v) is 13.9. The Balaban J connectivity index is 2.11. The van der Waals surface area contributed by atoms with Gasteiger partial charge in [0.25, 0.3) is 5.91 Å². The average molecular weight is 405 g/mol. The molecule has 0 heterocycles. The zero-order chi connectivity index (χ0) is 20.2. The topological polar surface area (TPSA) is 64.9 Å². The highest BCUT2D eigenvalue weighted by atomic mass is 32.2. The maximum atomic E-state index is 13.0. The Morgan fingerprint density at radius 3 is 2.15 bits per heavy atom. The standard InChI is InChI=1S/C16H9F6N3OS/c17-15(18,19)12-7-9(8-23)1-6-13(12)24-25-14(26)10-2-4-11(5-3-10)27-16(20,21)22/h1-7,24H,(H,25,26). The minimum atomic E-state index is -4.77. The van der Waals surface area contributed by atoms with Gasteiger partial charge in [-0.3, -0.25) is 15.6 Å². The summed E-state index contributed by atoms with van der Waals surface area (Å²) in [6.07, 6.45) is -4.77. The van der Waals surface area contributed by atoms with Gasteiger partial charge in [-0.15, -0.1) is 0 Å². The number of thioether (sulfide) groups is 1. The third-order valence-electron chi connectivity index (χ3n) is 3.11. The number of hydrogen-bond acceptors (Lipinski definition) is 4. The maximum absolute atomic E-state index is 13.0. The first kappa shape index (κ1) is 20.4. The van der Waals surface area contributed by atoms with E-state index in [0.29, 0.717) is 6.07 Å². The van der Waals surface area contributed by atoms with Crippen molar-refractivity contribution in [2.24, 2.45) is 0 Å². The van der Waals surface area contributed by atoms with Gasteiger partial charge in [-0.2, -0.15) is 31.6 Å². The summed E-state index contributed by atoms with van der Waals surface area (Å²) in [6.45, 7) is 0. The summed E-state index contributed by atoms with van der Waals surface area (Å²) in [4.78, 5) is 11.8. The van der Waals surface area contributed by atoms with Gasteiger partial charge >= 0.3 is 11.7 Å². The molecule has 2 aromatic carbocycles. The Morgan fingerprint density at radius 2 is 1.63 bits per heavy atom. The van der Waals surface area contributed by atoms with Gasteiger partial charge < -0.3 is 0 Å². The number of amides is 1. The van der Waals surface area contributed by atoms with Crippen LogP contribution in [-0.2, 0) is 6.18 Å².